The average Bonchev–Trinajstić information content (AvgIpc) is 3.18. The first-order valence-corrected chi connectivity index (χ1v) is 11.2. The molecular weight excluding hydrogens is 440 g/mol. The molecule has 0 N–H and O–H groups in total. The minimum absolute atomic E-state index is 0.210. The minimum Gasteiger partial charge on any atom is -0.497 e. The number of hydrogen-bond donors (Lipinski definition) is 0. The van der Waals surface area contributed by atoms with E-state index in [-0.39, 0.29) is 6.10 Å². The molecule has 0 aliphatic carbocycles. The lowest BCUT2D eigenvalue weighted by atomic mass is 10.1. The number of fused-ring (bicyclic) bond motifs is 1. The van der Waals surface area contributed by atoms with Gasteiger partial charge < -0.3 is 18.6 Å². The molecule has 170 valence electrons. The third kappa shape index (κ3) is 4.90. The summed E-state index contributed by atoms with van der Waals surface area (Å²) in [4.78, 5) is 22.1. The summed E-state index contributed by atoms with van der Waals surface area (Å²) in [6, 6.07) is 15.0. The maximum absolute atomic E-state index is 12.4. The smallest absolute Gasteiger partial charge is 0.350 e. The molecule has 8 heteroatoms. The van der Waals surface area contributed by atoms with E-state index in [1.54, 1.807) is 21.1 Å². The van der Waals surface area contributed by atoms with Crippen LogP contribution in [0.15, 0.2) is 57.9 Å². The Morgan fingerprint density at radius 2 is 1.73 bits per heavy atom. The summed E-state index contributed by atoms with van der Waals surface area (Å²) in [5.74, 6) is 1.69. The molecule has 2 heterocycles. The molecule has 4 rings (SSSR count). The molecule has 0 aliphatic heterocycles. The highest BCUT2D eigenvalue weighted by Gasteiger charge is 2.18. The molecule has 0 fully saturated rings. The van der Waals surface area contributed by atoms with Crippen molar-refractivity contribution in [2.75, 3.05) is 14.2 Å². The minimum atomic E-state index is -0.394. The van der Waals surface area contributed by atoms with E-state index in [1.165, 1.54) is 11.3 Å². The maximum atomic E-state index is 12.4. The average molecular weight is 465 g/mol. The zero-order valence-electron chi connectivity index (χ0n) is 19.0. The highest BCUT2D eigenvalue weighted by Crippen LogP contribution is 2.29. The van der Waals surface area contributed by atoms with E-state index in [0.29, 0.717) is 38.2 Å². The van der Waals surface area contributed by atoms with E-state index in [1.807, 2.05) is 62.4 Å². The Hall–Kier alpha value is -3.65. The van der Waals surface area contributed by atoms with Crippen molar-refractivity contribution in [3.05, 3.63) is 64.5 Å². The van der Waals surface area contributed by atoms with Crippen LogP contribution >= 0.6 is 11.3 Å². The van der Waals surface area contributed by atoms with Crippen LogP contribution in [0.5, 0.6) is 11.5 Å². The van der Waals surface area contributed by atoms with Crippen LogP contribution in [-0.2, 0) is 4.74 Å². The van der Waals surface area contributed by atoms with Crippen LogP contribution in [0, 0.1) is 6.92 Å². The summed E-state index contributed by atoms with van der Waals surface area (Å²) >= 11 is 1.20. The first-order valence-electron chi connectivity index (χ1n) is 10.4. The van der Waals surface area contributed by atoms with Gasteiger partial charge in [-0.1, -0.05) is 11.3 Å². The van der Waals surface area contributed by atoms with Gasteiger partial charge in [0.15, 0.2) is 0 Å². The van der Waals surface area contributed by atoms with Gasteiger partial charge in [-0.15, -0.1) is 0 Å². The number of hydrogen-bond acceptors (Lipinski definition) is 8. The fourth-order valence-electron chi connectivity index (χ4n) is 3.26. The molecule has 2 aromatic heterocycles. The maximum Gasteiger partial charge on any atom is 0.350 e. The Morgan fingerprint density at radius 1 is 1.03 bits per heavy atom. The van der Waals surface area contributed by atoms with E-state index in [0.717, 1.165) is 16.7 Å². The molecule has 0 amide bonds. The van der Waals surface area contributed by atoms with E-state index in [2.05, 4.69) is 4.98 Å². The number of aromatic nitrogens is 1. The normalized spacial score (nSPS) is 11.8. The summed E-state index contributed by atoms with van der Waals surface area (Å²) < 4.78 is 22.1. The quantitative estimate of drug-likeness (QED) is 0.342. The van der Waals surface area contributed by atoms with Gasteiger partial charge in [-0.25, -0.2) is 14.8 Å². The van der Waals surface area contributed by atoms with Gasteiger partial charge in [0, 0.05) is 17.0 Å². The number of rotatable bonds is 6. The third-order valence-electron chi connectivity index (χ3n) is 4.85. The van der Waals surface area contributed by atoms with Gasteiger partial charge in [-0.3, -0.25) is 0 Å². The topological polar surface area (TPSA) is 83.2 Å². The molecule has 0 saturated heterocycles. The third-order valence-corrected chi connectivity index (χ3v) is 5.89. The van der Waals surface area contributed by atoms with Crippen LogP contribution in [0.3, 0.4) is 0 Å². The number of carbonyl (C=O) groups excluding carboxylic acids is 1. The van der Waals surface area contributed by atoms with Crippen molar-refractivity contribution >= 4 is 33.4 Å². The number of esters is 1. The largest absolute Gasteiger partial charge is 0.497 e. The Bertz CT molecular complexity index is 1370. The van der Waals surface area contributed by atoms with Gasteiger partial charge in [0.1, 0.15) is 27.7 Å². The molecule has 7 nitrogen and oxygen atoms in total. The highest BCUT2D eigenvalue weighted by molar-refractivity contribution is 7.17. The predicted molar refractivity (Wildman–Crippen MR) is 127 cm³/mol. The summed E-state index contributed by atoms with van der Waals surface area (Å²) in [6.45, 7) is 5.40. The van der Waals surface area contributed by atoms with Crippen LogP contribution in [0.1, 0.15) is 29.2 Å². The van der Waals surface area contributed by atoms with Crippen molar-refractivity contribution in [3.8, 4) is 22.8 Å². The fraction of sp³-hybridized carbons (Fsp3) is 0.240. The lowest BCUT2D eigenvalue weighted by Crippen LogP contribution is -2.11. The fourth-order valence-corrected chi connectivity index (χ4v) is 4.09. The number of thiazole rings is 1. The Balaban J connectivity index is 1.87. The number of nitrogens with zero attached hydrogens (tertiary/aromatic N) is 2. The first-order chi connectivity index (χ1) is 15.9. The summed E-state index contributed by atoms with van der Waals surface area (Å²) in [5, 5.41) is 1.88. The van der Waals surface area contributed by atoms with E-state index in [9.17, 15) is 4.79 Å². The van der Waals surface area contributed by atoms with Crippen molar-refractivity contribution in [2.45, 2.75) is 26.9 Å². The van der Waals surface area contributed by atoms with E-state index >= 15 is 0 Å². The van der Waals surface area contributed by atoms with Crippen molar-refractivity contribution in [2.24, 2.45) is 4.99 Å². The van der Waals surface area contributed by atoms with Gasteiger partial charge in [-0.2, -0.15) is 0 Å². The second-order valence-corrected chi connectivity index (χ2v) is 8.54. The van der Waals surface area contributed by atoms with Gasteiger partial charge >= 0.3 is 5.97 Å². The molecule has 0 aliphatic rings. The standard InChI is InChI=1S/C25H24N2O5S/c1-14(2)31-24(28)23-15(3)26-25(33-23)27-20-13-22(16-6-8-17(29-4)9-7-16)32-21-11-10-18(30-5)12-19(20)21/h6-14H,1-5H3. The second-order valence-electron chi connectivity index (χ2n) is 7.56. The molecule has 0 bridgehead atoms. The van der Waals surface area contributed by atoms with Gasteiger partial charge in [0.05, 0.1) is 31.4 Å². The van der Waals surface area contributed by atoms with Crippen molar-refractivity contribution in [1.82, 2.24) is 4.98 Å². The predicted octanol–water partition coefficient (Wildman–Crippen LogP) is 5.68. The monoisotopic (exact) mass is 464 g/mol. The van der Waals surface area contributed by atoms with E-state index in [4.69, 9.17) is 23.6 Å². The van der Waals surface area contributed by atoms with E-state index < -0.39 is 5.97 Å². The molecule has 0 radical (unpaired) electrons. The molecule has 0 atom stereocenters. The number of aryl methyl sites for hydroxylation is 1. The van der Waals surface area contributed by atoms with Gasteiger partial charge in [0.25, 0.3) is 0 Å². The van der Waals surface area contributed by atoms with Crippen LogP contribution in [0.4, 0.5) is 5.13 Å². The van der Waals surface area contributed by atoms with Crippen LogP contribution < -0.4 is 14.8 Å². The highest BCUT2D eigenvalue weighted by atomic mass is 32.1. The Morgan fingerprint density at radius 3 is 2.39 bits per heavy atom. The lowest BCUT2D eigenvalue weighted by molar-refractivity contribution is 0.0382. The SMILES string of the molecule is COc1ccc(-c2cc(=Nc3nc(C)c(C(=O)OC(C)C)s3)c3cc(OC)ccc3o2)cc1. The molecular formula is C25H24N2O5S. The number of carbonyl (C=O) groups is 1. The van der Waals surface area contributed by atoms with Gasteiger partial charge in [-0.05, 0) is 63.2 Å². The summed E-state index contributed by atoms with van der Waals surface area (Å²) in [7, 11) is 3.23. The number of benzene rings is 2. The molecule has 4 aromatic rings. The van der Waals surface area contributed by atoms with Crippen LogP contribution in [0.25, 0.3) is 22.3 Å². The Kier molecular flexibility index (Phi) is 6.46. The summed E-state index contributed by atoms with van der Waals surface area (Å²) in [5.41, 5.74) is 2.11. The lowest BCUT2D eigenvalue weighted by Gasteiger charge is -2.07. The number of ether oxygens (including phenoxy) is 3. The molecule has 0 unspecified atom stereocenters. The van der Waals surface area contributed by atoms with Crippen molar-refractivity contribution in [1.29, 1.82) is 0 Å². The van der Waals surface area contributed by atoms with Crippen molar-refractivity contribution in [3.63, 3.8) is 0 Å². The Labute approximate surface area is 195 Å². The zero-order chi connectivity index (χ0) is 23.5. The molecule has 0 saturated carbocycles. The first kappa shape index (κ1) is 22.5. The van der Waals surface area contributed by atoms with Crippen LogP contribution in [0.2, 0.25) is 0 Å². The number of methoxy groups -OCH3 is 2. The zero-order valence-corrected chi connectivity index (χ0v) is 19.9. The molecule has 0 spiro atoms. The summed E-state index contributed by atoms with van der Waals surface area (Å²) in [6.07, 6.45) is -0.210. The van der Waals surface area contributed by atoms with Gasteiger partial charge in [0.2, 0.25) is 5.13 Å². The molecule has 2 aromatic carbocycles. The molecule has 33 heavy (non-hydrogen) atoms. The van der Waals surface area contributed by atoms with Crippen LogP contribution in [-0.4, -0.2) is 31.3 Å². The second kappa shape index (κ2) is 9.46. The van der Waals surface area contributed by atoms with Crippen molar-refractivity contribution < 1.29 is 23.4 Å².